The summed E-state index contributed by atoms with van der Waals surface area (Å²) in [7, 11) is -3.95. The zero-order chi connectivity index (χ0) is 25.4. The average Bonchev–Trinajstić information content (AvgIpc) is 2.85. The van der Waals surface area contributed by atoms with Crippen LogP contribution in [0.15, 0.2) is 76.5 Å². The van der Waals surface area contributed by atoms with Gasteiger partial charge in [0.25, 0.3) is 0 Å². The van der Waals surface area contributed by atoms with Crippen molar-refractivity contribution in [2.75, 3.05) is 26.3 Å². The zero-order valence-corrected chi connectivity index (χ0v) is 20.3. The van der Waals surface area contributed by atoms with Gasteiger partial charge in [-0.25, -0.2) is 13.2 Å². The first kappa shape index (κ1) is 30.3. The van der Waals surface area contributed by atoms with E-state index in [1.165, 1.54) is 24.3 Å². The van der Waals surface area contributed by atoms with Gasteiger partial charge in [-0.05, 0) is 66.6 Å². The molecule has 0 saturated carbocycles. The van der Waals surface area contributed by atoms with E-state index in [4.69, 9.17) is 21.4 Å². The first-order valence-electron chi connectivity index (χ1n) is 10.8. The molecule has 0 radical (unpaired) electrons. The molecule has 188 valence electrons. The van der Waals surface area contributed by atoms with Gasteiger partial charge in [0.1, 0.15) is 17.9 Å². The topological polar surface area (TPSA) is 133 Å². The van der Waals surface area contributed by atoms with E-state index in [9.17, 15) is 23.4 Å². The van der Waals surface area contributed by atoms with Crippen LogP contribution in [0.25, 0.3) is 0 Å². The molecule has 3 rings (SSSR count). The Morgan fingerprint density at radius 3 is 2.36 bits per heavy atom. The summed E-state index contributed by atoms with van der Waals surface area (Å²) in [6.07, 6.45) is -0.0832. The molecular weight excluding hydrogens is 517 g/mol. The van der Waals surface area contributed by atoms with Gasteiger partial charge in [-0.1, -0.05) is 35.9 Å². The van der Waals surface area contributed by atoms with Crippen molar-refractivity contribution >= 4 is 57.0 Å². The number of hydrogen-bond donors (Lipinski definition) is 4. The molecule has 0 saturated heterocycles. The quantitative estimate of drug-likeness (QED) is 0.202. The Balaban J connectivity index is 0.00000456. The van der Waals surface area contributed by atoms with E-state index in [-0.39, 0.29) is 63.9 Å². The molecule has 11 heteroatoms. The molecule has 4 N–H and O–H groups in total. The number of aromatic carboxylic acids is 1. The predicted molar refractivity (Wildman–Crippen MR) is 138 cm³/mol. The third-order valence-corrected chi connectivity index (χ3v) is 7.24. The summed E-state index contributed by atoms with van der Waals surface area (Å²) in [5.74, 6) is -1.35. The van der Waals surface area contributed by atoms with Crippen LogP contribution in [0.3, 0.4) is 0 Å². The molecule has 1 atom stereocenters. The number of ether oxygens (including phenoxy) is 1. The Morgan fingerprint density at radius 1 is 1.03 bits per heavy atom. The maximum atomic E-state index is 13.0. The number of benzene rings is 3. The molecule has 0 aromatic heterocycles. The van der Waals surface area contributed by atoms with Crippen LogP contribution in [0, 0.1) is 0 Å². The van der Waals surface area contributed by atoms with Crippen molar-refractivity contribution in [3.05, 3.63) is 88.4 Å². The second-order valence-electron chi connectivity index (χ2n) is 7.71. The minimum atomic E-state index is -3.95. The normalized spacial score (nSPS) is 12.0. The Kier molecular flexibility index (Phi) is 11.9. The first-order valence-corrected chi connectivity index (χ1v) is 12.7. The summed E-state index contributed by atoms with van der Waals surface area (Å²) >= 11 is 5.95. The Bertz CT molecular complexity index is 1270. The molecule has 3 aromatic rings. The summed E-state index contributed by atoms with van der Waals surface area (Å²) in [5.41, 5.74) is 1.31. The summed E-state index contributed by atoms with van der Waals surface area (Å²) in [6, 6.07) is 17.0. The van der Waals surface area contributed by atoms with Crippen LogP contribution >= 0.6 is 11.6 Å². The molecular formula is C25H27ClNNaO7S. The molecule has 0 unspecified atom stereocenters. The fraction of sp³-hybridized carbons (Fsp3) is 0.240. The third-order valence-electron chi connectivity index (χ3n) is 5.24. The van der Waals surface area contributed by atoms with Gasteiger partial charge in [0, 0.05) is 11.6 Å². The van der Waals surface area contributed by atoms with E-state index in [0.29, 0.717) is 24.5 Å². The van der Waals surface area contributed by atoms with Gasteiger partial charge < -0.3 is 25.4 Å². The van der Waals surface area contributed by atoms with Crippen LogP contribution in [0.2, 0.25) is 5.02 Å². The van der Waals surface area contributed by atoms with Gasteiger partial charge in [-0.2, -0.15) is 0 Å². The monoisotopic (exact) mass is 543 g/mol. The van der Waals surface area contributed by atoms with Gasteiger partial charge in [0.05, 0.1) is 22.5 Å². The molecule has 0 bridgehead atoms. The SMILES string of the molecule is O=C(O)c1cc(S(=O)(=O)c2ccc(CCNC[C@@H](O)c3cccc(Cl)c3)cc2)ccc1OCCO.[NaH]. The van der Waals surface area contributed by atoms with E-state index in [1.54, 1.807) is 36.4 Å². The second kappa shape index (κ2) is 14.1. The number of carboxylic acid groups (broad SMARTS) is 1. The Labute approximate surface area is 237 Å². The first-order chi connectivity index (χ1) is 16.7. The number of sulfone groups is 1. The van der Waals surface area contributed by atoms with E-state index in [1.807, 2.05) is 0 Å². The van der Waals surface area contributed by atoms with Gasteiger partial charge in [0.2, 0.25) is 9.84 Å². The molecule has 0 amide bonds. The van der Waals surface area contributed by atoms with Gasteiger partial charge in [-0.15, -0.1) is 0 Å². The van der Waals surface area contributed by atoms with Gasteiger partial charge >= 0.3 is 35.5 Å². The van der Waals surface area contributed by atoms with E-state index < -0.39 is 21.9 Å². The predicted octanol–water partition coefficient (Wildman–Crippen LogP) is 2.46. The number of carbonyl (C=O) groups is 1. The van der Waals surface area contributed by atoms with Crippen molar-refractivity contribution in [2.24, 2.45) is 0 Å². The maximum absolute atomic E-state index is 13.0. The number of halogens is 1. The number of rotatable bonds is 12. The Morgan fingerprint density at radius 2 is 1.72 bits per heavy atom. The van der Waals surface area contributed by atoms with Crippen LogP contribution in [0.4, 0.5) is 0 Å². The molecule has 0 heterocycles. The molecule has 0 aliphatic rings. The van der Waals surface area contributed by atoms with E-state index >= 15 is 0 Å². The van der Waals surface area contributed by atoms with E-state index in [2.05, 4.69) is 5.32 Å². The van der Waals surface area contributed by atoms with Gasteiger partial charge in [0.15, 0.2) is 0 Å². The van der Waals surface area contributed by atoms with Crippen LogP contribution < -0.4 is 10.1 Å². The second-order valence-corrected chi connectivity index (χ2v) is 10.1. The average molecular weight is 544 g/mol. The van der Waals surface area contributed by atoms with Crippen molar-refractivity contribution in [2.45, 2.75) is 22.3 Å². The summed E-state index contributed by atoms with van der Waals surface area (Å²) in [6.45, 7) is 0.503. The fourth-order valence-corrected chi connectivity index (χ4v) is 4.88. The molecule has 0 spiro atoms. The van der Waals surface area contributed by atoms with Gasteiger partial charge in [-0.3, -0.25) is 0 Å². The van der Waals surface area contributed by atoms with Crippen molar-refractivity contribution in [3.63, 3.8) is 0 Å². The van der Waals surface area contributed by atoms with Crippen molar-refractivity contribution in [1.82, 2.24) is 5.32 Å². The van der Waals surface area contributed by atoms with Crippen LogP contribution in [-0.2, 0) is 16.3 Å². The van der Waals surface area contributed by atoms with Crippen LogP contribution in [0.1, 0.15) is 27.6 Å². The van der Waals surface area contributed by atoms with Crippen LogP contribution in [-0.4, -0.2) is 85.6 Å². The molecule has 0 aliphatic carbocycles. The molecule has 8 nitrogen and oxygen atoms in total. The standard InChI is InChI=1S/C25H26ClNO7S.Na.H/c26-19-3-1-2-18(14-19)23(29)16-27-11-10-17-4-6-20(7-5-17)35(32,33)21-8-9-24(34-13-12-28)22(15-21)25(30)31;;/h1-9,14-15,23,27-29H,10-13,16H2,(H,30,31);;/t23-;;/m1../s1. The van der Waals surface area contributed by atoms with Crippen molar-refractivity contribution in [1.29, 1.82) is 0 Å². The Hall–Kier alpha value is -1.95. The number of hydrogen-bond acceptors (Lipinski definition) is 7. The zero-order valence-electron chi connectivity index (χ0n) is 18.7. The van der Waals surface area contributed by atoms with Crippen molar-refractivity contribution < 1.29 is 33.3 Å². The molecule has 0 fully saturated rings. The number of aliphatic hydroxyl groups is 2. The minimum absolute atomic E-state index is 0. The van der Waals surface area contributed by atoms with Crippen LogP contribution in [0.5, 0.6) is 5.75 Å². The van der Waals surface area contributed by atoms with E-state index in [0.717, 1.165) is 17.2 Å². The number of aliphatic hydroxyl groups excluding tert-OH is 2. The number of nitrogens with one attached hydrogen (secondary N) is 1. The molecule has 0 aliphatic heterocycles. The molecule has 3 aromatic carbocycles. The summed E-state index contributed by atoms with van der Waals surface area (Å²) in [5, 5.41) is 32.3. The third kappa shape index (κ3) is 8.03. The molecule has 36 heavy (non-hydrogen) atoms. The summed E-state index contributed by atoms with van der Waals surface area (Å²) in [4.78, 5) is 11.4. The van der Waals surface area contributed by atoms with Crippen molar-refractivity contribution in [3.8, 4) is 5.75 Å². The fourth-order valence-electron chi connectivity index (χ4n) is 3.40. The number of carboxylic acids is 1. The summed E-state index contributed by atoms with van der Waals surface area (Å²) < 4.78 is 31.2.